The molecule has 0 saturated carbocycles. The molecule has 0 nitrogen and oxygen atoms in total. The third kappa shape index (κ3) is 6.58. The van der Waals surface area contributed by atoms with E-state index in [1.807, 2.05) is 0 Å². The molecule has 0 N–H and O–H groups in total. The first-order chi connectivity index (χ1) is 8.98. The van der Waals surface area contributed by atoms with E-state index in [1.165, 1.54) is 5.56 Å². The average Bonchev–Trinajstić information content (AvgIpc) is 2.25. The maximum atomic E-state index is 3.66. The van der Waals surface area contributed by atoms with Crippen molar-refractivity contribution in [3.63, 3.8) is 0 Å². The van der Waals surface area contributed by atoms with Gasteiger partial charge in [-0.25, -0.2) is 0 Å². The minimum Gasteiger partial charge on any atom is -0.127 e. The molecule has 0 amide bonds. The highest BCUT2D eigenvalue weighted by molar-refractivity contribution is 9.11. The van der Waals surface area contributed by atoms with Gasteiger partial charge in [0, 0.05) is 14.5 Å². The third-order valence-electron chi connectivity index (χ3n) is 2.42. The van der Waals surface area contributed by atoms with Crippen LogP contribution in [-0.2, 0) is 0 Å². The predicted molar refractivity (Wildman–Crippen MR) is 104 cm³/mol. The minimum absolute atomic E-state index is 1.06. The van der Waals surface area contributed by atoms with E-state index in [4.69, 9.17) is 0 Å². The second kappa shape index (κ2) is 6.78. The van der Waals surface area contributed by atoms with Crippen LogP contribution in [0.1, 0.15) is 11.1 Å². The van der Waals surface area contributed by atoms with Gasteiger partial charge in [0.2, 0.25) is 0 Å². The highest BCUT2D eigenvalue weighted by Gasteiger charge is 2.10. The summed E-state index contributed by atoms with van der Waals surface area (Å²) < 4.78 is 2.18. The van der Waals surface area contributed by atoms with Crippen LogP contribution in [0.25, 0.3) is 6.08 Å². The van der Waals surface area contributed by atoms with Crippen LogP contribution in [0.3, 0.4) is 0 Å². The monoisotopic (exact) mass is 428 g/mol. The van der Waals surface area contributed by atoms with E-state index in [0.29, 0.717) is 0 Å². The van der Waals surface area contributed by atoms with Gasteiger partial charge in [-0.1, -0.05) is 72.9 Å². The molecule has 0 aliphatic heterocycles. The van der Waals surface area contributed by atoms with Crippen LogP contribution in [0.2, 0.25) is 39.3 Å². The maximum Gasteiger partial charge on any atom is 0.129 e. The van der Waals surface area contributed by atoms with E-state index in [9.17, 15) is 0 Å². The zero-order valence-corrected chi connectivity index (χ0v) is 18.2. The van der Waals surface area contributed by atoms with Gasteiger partial charge in [-0.15, -0.1) is 5.54 Å². The minimum atomic E-state index is -1.34. The summed E-state index contributed by atoms with van der Waals surface area (Å²) in [6.45, 7) is 13.8. The second-order valence-corrected chi connectivity index (χ2v) is 18.6. The first-order valence-electron chi connectivity index (χ1n) is 6.69. The molecule has 0 fully saturated rings. The quantitative estimate of drug-likeness (QED) is 0.380. The van der Waals surface area contributed by atoms with Crippen molar-refractivity contribution in [2.45, 2.75) is 39.3 Å². The fourth-order valence-electron chi connectivity index (χ4n) is 1.38. The number of rotatable bonds is 2. The molecule has 0 aliphatic rings. The normalized spacial score (nSPS) is 12.4. The molecule has 0 heterocycles. The van der Waals surface area contributed by atoms with Crippen LogP contribution in [0.5, 0.6) is 0 Å². The van der Waals surface area contributed by atoms with E-state index >= 15 is 0 Å². The van der Waals surface area contributed by atoms with Gasteiger partial charge in [0.25, 0.3) is 0 Å². The summed E-state index contributed by atoms with van der Waals surface area (Å²) >= 11 is 7.30. The fourth-order valence-corrected chi connectivity index (χ4v) is 3.51. The van der Waals surface area contributed by atoms with Crippen molar-refractivity contribution in [1.82, 2.24) is 0 Å². The van der Waals surface area contributed by atoms with Crippen molar-refractivity contribution < 1.29 is 0 Å². The lowest BCUT2D eigenvalue weighted by atomic mass is 10.1. The van der Waals surface area contributed by atoms with Gasteiger partial charge < -0.3 is 0 Å². The van der Waals surface area contributed by atoms with Crippen LogP contribution < -0.4 is 0 Å². The predicted octanol–water partition coefficient (Wildman–Crippen LogP) is 6.33. The van der Waals surface area contributed by atoms with Crippen LogP contribution in [0, 0.1) is 11.5 Å². The molecule has 1 rings (SSSR count). The highest BCUT2D eigenvalue weighted by Crippen LogP contribution is 2.27. The van der Waals surface area contributed by atoms with E-state index in [2.05, 4.69) is 107 Å². The zero-order chi connectivity index (χ0) is 15.6. The molecule has 4 heteroatoms. The van der Waals surface area contributed by atoms with Gasteiger partial charge in [0.15, 0.2) is 0 Å². The zero-order valence-electron chi connectivity index (χ0n) is 13.1. The molecule has 0 radical (unpaired) electrons. The molecule has 0 spiro atoms. The van der Waals surface area contributed by atoms with Crippen LogP contribution >= 0.6 is 31.9 Å². The Kier molecular flexibility index (Phi) is 6.09. The molecule has 0 aromatic heterocycles. The number of halogens is 2. The molecule has 0 aliphatic carbocycles. The van der Waals surface area contributed by atoms with Gasteiger partial charge >= 0.3 is 0 Å². The van der Waals surface area contributed by atoms with Crippen molar-refractivity contribution in [2.24, 2.45) is 0 Å². The molecule has 0 saturated heterocycles. The standard InChI is InChI=1S/C16H22Br2Si2/c1-19(2,3)9-7-13-11-16(18)14(12-15(13)17)8-10-20(4,5)6/h7,9,11-12H,1-6H3. The topological polar surface area (TPSA) is 0 Å². The molecule has 1 aromatic rings. The highest BCUT2D eigenvalue weighted by atomic mass is 79.9. The lowest BCUT2D eigenvalue weighted by Gasteiger charge is -2.10. The summed E-state index contributed by atoms with van der Waals surface area (Å²) in [7, 11) is -2.51. The summed E-state index contributed by atoms with van der Waals surface area (Å²) in [6, 6.07) is 4.26. The first kappa shape index (κ1) is 18.0. The van der Waals surface area contributed by atoms with E-state index < -0.39 is 16.1 Å². The Hall–Kier alpha value is -0.0862. The van der Waals surface area contributed by atoms with E-state index in [0.717, 1.165) is 14.5 Å². The first-order valence-corrected chi connectivity index (χ1v) is 15.4. The van der Waals surface area contributed by atoms with E-state index in [-0.39, 0.29) is 0 Å². The summed E-state index contributed by atoms with van der Waals surface area (Å²) in [5, 5.41) is 0. The lowest BCUT2D eigenvalue weighted by Crippen LogP contribution is -2.16. The SMILES string of the molecule is C[Si](C)(C)C#Cc1cc(Br)c(C=C[Si](C)(C)C)cc1Br. The summed E-state index contributed by atoms with van der Waals surface area (Å²) in [5.41, 5.74) is 8.03. The summed E-state index contributed by atoms with van der Waals surface area (Å²) in [5.74, 6) is 3.31. The lowest BCUT2D eigenvalue weighted by molar-refractivity contribution is 1.52. The smallest absolute Gasteiger partial charge is 0.127 e. The molecular weight excluding hydrogens is 408 g/mol. The van der Waals surface area contributed by atoms with E-state index in [1.54, 1.807) is 0 Å². The molecule has 0 bridgehead atoms. The molecule has 1 aromatic carbocycles. The molecule has 0 unspecified atom stereocenters. The third-order valence-corrected chi connectivity index (χ3v) is 5.81. The number of hydrogen-bond acceptors (Lipinski definition) is 0. The van der Waals surface area contributed by atoms with Gasteiger partial charge in [-0.05, 0) is 33.6 Å². The largest absolute Gasteiger partial charge is 0.129 e. The Bertz CT molecular complexity index is 579. The van der Waals surface area contributed by atoms with Crippen molar-refractivity contribution >= 4 is 54.1 Å². The Labute approximate surface area is 142 Å². The average molecular weight is 430 g/mol. The Morgan fingerprint density at radius 2 is 1.55 bits per heavy atom. The van der Waals surface area contributed by atoms with Crippen LogP contribution in [-0.4, -0.2) is 16.1 Å². The molecule has 20 heavy (non-hydrogen) atoms. The number of benzene rings is 1. The Morgan fingerprint density at radius 1 is 0.950 bits per heavy atom. The van der Waals surface area contributed by atoms with Gasteiger partial charge in [0.1, 0.15) is 8.07 Å². The van der Waals surface area contributed by atoms with Gasteiger partial charge in [0.05, 0.1) is 8.07 Å². The molecule has 0 atom stereocenters. The van der Waals surface area contributed by atoms with Crippen molar-refractivity contribution in [2.75, 3.05) is 0 Å². The summed E-state index contributed by atoms with van der Waals surface area (Å²) in [6.07, 6.45) is 2.22. The number of hydrogen-bond donors (Lipinski definition) is 0. The second-order valence-electron chi connectivity index (χ2n) is 7.05. The van der Waals surface area contributed by atoms with Crippen molar-refractivity contribution in [3.8, 4) is 11.5 Å². The van der Waals surface area contributed by atoms with Crippen molar-refractivity contribution in [3.05, 3.63) is 37.9 Å². The maximum absolute atomic E-state index is 3.66. The van der Waals surface area contributed by atoms with Gasteiger partial charge in [-0.3, -0.25) is 0 Å². The fraction of sp³-hybridized carbons (Fsp3) is 0.375. The molecular formula is C16H22Br2Si2. The van der Waals surface area contributed by atoms with Crippen LogP contribution in [0.4, 0.5) is 0 Å². The Morgan fingerprint density at radius 3 is 2.05 bits per heavy atom. The molecule has 108 valence electrons. The van der Waals surface area contributed by atoms with Crippen molar-refractivity contribution in [1.29, 1.82) is 0 Å². The Balaban J connectivity index is 3.15. The summed E-state index contributed by atoms with van der Waals surface area (Å²) in [4.78, 5) is 0. The van der Waals surface area contributed by atoms with Gasteiger partial charge in [-0.2, -0.15) is 0 Å². The van der Waals surface area contributed by atoms with Crippen LogP contribution in [0.15, 0.2) is 26.8 Å².